The molecule has 0 N–H and O–H groups in total. The second-order valence-electron chi connectivity index (χ2n) is 11.8. The van der Waals surface area contributed by atoms with Crippen LogP contribution in [0.3, 0.4) is 0 Å². The molecule has 5 rings (SSSR count). The van der Waals surface area contributed by atoms with Crippen LogP contribution in [0.15, 0.2) is 73.4 Å². The molecule has 4 aromatic rings. The molecule has 0 aliphatic carbocycles. The molecule has 0 bridgehead atoms. The number of aromatic nitrogens is 3. The molecule has 1 aliphatic rings. The molecule has 0 saturated carbocycles. The smallest absolute Gasteiger partial charge is 0.409 e. The van der Waals surface area contributed by atoms with Crippen molar-refractivity contribution in [2.24, 2.45) is 11.8 Å². The van der Waals surface area contributed by atoms with Crippen molar-refractivity contribution in [1.29, 1.82) is 0 Å². The van der Waals surface area contributed by atoms with E-state index in [1.807, 2.05) is 66.8 Å². The van der Waals surface area contributed by atoms with Gasteiger partial charge in [0.05, 0.1) is 25.2 Å². The van der Waals surface area contributed by atoms with Crippen LogP contribution in [-0.2, 0) is 22.6 Å². The van der Waals surface area contributed by atoms with Crippen LogP contribution >= 0.6 is 0 Å². The van der Waals surface area contributed by atoms with Crippen LogP contribution < -0.4 is 0 Å². The van der Waals surface area contributed by atoms with Crippen LogP contribution in [0.5, 0.6) is 0 Å². The zero-order chi connectivity index (χ0) is 30.2. The molecule has 1 aliphatic heterocycles. The lowest BCUT2D eigenvalue weighted by Crippen LogP contribution is -2.40. The highest BCUT2D eigenvalue weighted by Gasteiger charge is 2.25. The minimum Gasteiger partial charge on any atom is -0.449 e. The summed E-state index contributed by atoms with van der Waals surface area (Å²) in [6, 6.07) is 16.5. The number of nitrogens with zero attached hydrogens (tertiary/aromatic N) is 5. The summed E-state index contributed by atoms with van der Waals surface area (Å²) in [5.41, 5.74) is 3.10. The van der Waals surface area contributed by atoms with Crippen molar-refractivity contribution in [2.45, 2.75) is 46.2 Å². The number of methoxy groups -OCH3 is 1. The van der Waals surface area contributed by atoms with Crippen molar-refractivity contribution < 1.29 is 19.1 Å². The number of piperidine rings is 1. The molecule has 0 atom stereocenters. The summed E-state index contributed by atoms with van der Waals surface area (Å²) < 4.78 is 14.5. The van der Waals surface area contributed by atoms with Gasteiger partial charge in [0.2, 0.25) is 0 Å². The van der Waals surface area contributed by atoms with E-state index in [9.17, 15) is 9.59 Å². The zero-order valence-electron chi connectivity index (χ0n) is 25.5. The predicted octanol–water partition coefficient (Wildman–Crippen LogP) is 6.52. The highest BCUT2D eigenvalue weighted by Crippen LogP contribution is 2.29. The molecule has 0 unspecified atom stereocenters. The lowest BCUT2D eigenvalue weighted by molar-refractivity contribution is 0.0774. The number of hydrogen-bond donors (Lipinski definition) is 0. The highest BCUT2D eigenvalue weighted by molar-refractivity contribution is 5.97. The third-order valence-corrected chi connectivity index (χ3v) is 8.08. The number of fused-ring (bicyclic) bond motifs is 1. The van der Waals surface area contributed by atoms with Gasteiger partial charge in [-0.1, -0.05) is 56.3 Å². The van der Waals surface area contributed by atoms with E-state index in [2.05, 4.69) is 39.9 Å². The van der Waals surface area contributed by atoms with Crippen LogP contribution in [-0.4, -0.2) is 76.0 Å². The molecule has 43 heavy (non-hydrogen) atoms. The van der Waals surface area contributed by atoms with Gasteiger partial charge in [-0.2, -0.15) is 0 Å². The fourth-order valence-corrected chi connectivity index (χ4v) is 5.70. The third-order valence-electron chi connectivity index (χ3n) is 8.08. The Balaban J connectivity index is 1.25. The van der Waals surface area contributed by atoms with Crippen LogP contribution in [0.2, 0.25) is 0 Å². The number of carbonyl (C=O) groups is 2. The number of benzene rings is 2. The van der Waals surface area contributed by atoms with Gasteiger partial charge in [0.25, 0.3) is 0 Å². The summed E-state index contributed by atoms with van der Waals surface area (Å²) in [6.45, 7) is 8.31. The predicted molar refractivity (Wildman–Crippen MR) is 168 cm³/mol. The Kier molecular flexibility index (Phi) is 10.1. The summed E-state index contributed by atoms with van der Waals surface area (Å²) in [5, 5.41) is 2.33. The second kappa shape index (κ2) is 14.4. The largest absolute Gasteiger partial charge is 0.449 e. The van der Waals surface area contributed by atoms with E-state index >= 15 is 0 Å². The van der Waals surface area contributed by atoms with Gasteiger partial charge in [-0.3, -0.25) is 4.57 Å². The maximum absolute atomic E-state index is 13.8. The van der Waals surface area contributed by atoms with Gasteiger partial charge < -0.3 is 23.8 Å². The van der Waals surface area contributed by atoms with Crippen molar-refractivity contribution in [3.8, 4) is 11.1 Å². The summed E-state index contributed by atoms with van der Waals surface area (Å²) >= 11 is 0. The quantitative estimate of drug-likeness (QED) is 0.187. The number of hydrogen-bond acceptors (Lipinski definition) is 5. The van der Waals surface area contributed by atoms with Crippen LogP contribution in [0.1, 0.15) is 38.8 Å². The van der Waals surface area contributed by atoms with Crippen molar-refractivity contribution in [3.63, 3.8) is 0 Å². The van der Waals surface area contributed by atoms with Crippen LogP contribution in [0.4, 0.5) is 9.59 Å². The van der Waals surface area contributed by atoms with Gasteiger partial charge in [0, 0.05) is 64.0 Å². The minimum absolute atomic E-state index is 0.0800. The van der Waals surface area contributed by atoms with E-state index in [1.54, 1.807) is 11.7 Å². The topological polar surface area (TPSA) is 81.8 Å². The standard InChI is InChI=1S/C34H43N5O4/c1-26(2)24-43-34(41)36-16-12-27(13-17-36)21-39-25-35-20-30(39)23-37(15-7-19-42-3)33(40)38-18-14-29(22-38)32-11-6-9-28-8-4-5-10-31(28)32/h4-6,8-11,14,18,20,22,25-27H,7,12-13,15-17,19,21,23-24H2,1-3H3. The van der Waals surface area contributed by atoms with Gasteiger partial charge in [-0.25, -0.2) is 14.6 Å². The van der Waals surface area contributed by atoms with Crippen molar-refractivity contribution in [2.75, 3.05) is 40.0 Å². The Bertz CT molecular complexity index is 1500. The maximum atomic E-state index is 13.8. The van der Waals surface area contributed by atoms with Crippen LogP contribution in [0.25, 0.3) is 21.9 Å². The first-order valence-electron chi connectivity index (χ1n) is 15.3. The Hall–Kier alpha value is -4.11. The number of ether oxygens (including phenoxy) is 2. The van der Waals surface area contributed by atoms with E-state index in [4.69, 9.17) is 9.47 Å². The average Bonchev–Trinajstić information content (AvgIpc) is 3.69. The Morgan fingerprint density at radius 1 is 1.07 bits per heavy atom. The Morgan fingerprint density at radius 3 is 2.65 bits per heavy atom. The van der Waals surface area contributed by atoms with Gasteiger partial charge >= 0.3 is 12.1 Å². The lowest BCUT2D eigenvalue weighted by Gasteiger charge is -2.32. The minimum atomic E-state index is -0.214. The molecule has 228 valence electrons. The summed E-state index contributed by atoms with van der Waals surface area (Å²) in [6.07, 6.45) is 9.81. The van der Waals surface area contributed by atoms with Crippen molar-refractivity contribution in [3.05, 3.63) is 79.1 Å². The van der Waals surface area contributed by atoms with Crippen LogP contribution in [0, 0.1) is 11.8 Å². The highest BCUT2D eigenvalue weighted by atomic mass is 16.6. The van der Waals surface area contributed by atoms with E-state index in [1.165, 1.54) is 5.39 Å². The molecular weight excluding hydrogens is 542 g/mol. The second-order valence-corrected chi connectivity index (χ2v) is 11.8. The van der Waals surface area contributed by atoms with Crippen molar-refractivity contribution in [1.82, 2.24) is 23.9 Å². The number of carbonyl (C=O) groups excluding carboxylic acids is 2. The SMILES string of the molecule is COCCCN(Cc1cncn1CC1CCN(C(=O)OCC(C)C)CC1)C(=O)n1ccc(-c2cccc3ccccc23)c1. The third kappa shape index (κ3) is 7.65. The lowest BCUT2D eigenvalue weighted by atomic mass is 9.97. The van der Waals surface area contributed by atoms with Gasteiger partial charge in [-0.05, 0) is 53.5 Å². The molecule has 0 spiro atoms. The van der Waals surface area contributed by atoms with E-state index < -0.39 is 0 Å². The Labute approximate surface area is 254 Å². The van der Waals surface area contributed by atoms with Gasteiger partial charge in [-0.15, -0.1) is 0 Å². The zero-order valence-corrected chi connectivity index (χ0v) is 25.5. The van der Waals surface area contributed by atoms with Gasteiger partial charge in [0.1, 0.15) is 0 Å². The molecule has 3 heterocycles. The molecule has 2 aromatic heterocycles. The molecule has 9 heteroatoms. The van der Waals surface area contributed by atoms with E-state index in [0.29, 0.717) is 51.2 Å². The monoisotopic (exact) mass is 585 g/mol. The molecule has 0 radical (unpaired) electrons. The first-order valence-corrected chi connectivity index (χ1v) is 15.3. The normalized spacial score (nSPS) is 14.0. The molecule has 9 nitrogen and oxygen atoms in total. The summed E-state index contributed by atoms with van der Waals surface area (Å²) in [7, 11) is 1.68. The maximum Gasteiger partial charge on any atom is 0.409 e. The molecule has 2 aromatic carbocycles. The molecule has 2 amide bonds. The summed E-state index contributed by atoms with van der Waals surface area (Å²) in [4.78, 5) is 34.3. The van der Waals surface area contributed by atoms with E-state index in [0.717, 1.165) is 48.0 Å². The first kappa shape index (κ1) is 30.4. The Morgan fingerprint density at radius 2 is 1.86 bits per heavy atom. The number of rotatable bonds is 11. The first-order chi connectivity index (χ1) is 20.9. The molecule has 1 fully saturated rings. The fraction of sp³-hybridized carbons (Fsp3) is 0.441. The van der Waals surface area contributed by atoms with Gasteiger partial charge in [0.15, 0.2) is 0 Å². The average molecular weight is 586 g/mol. The number of amides is 2. The molecule has 1 saturated heterocycles. The number of likely N-dealkylation sites (tertiary alicyclic amines) is 1. The van der Waals surface area contributed by atoms with E-state index in [-0.39, 0.29) is 12.1 Å². The van der Waals surface area contributed by atoms with Crippen molar-refractivity contribution >= 4 is 22.9 Å². The number of imidazole rings is 1. The molecular formula is C34H43N5O4. The fourth-order valence-electron chi connectivity index (χ4n) is 5.70. The summed E-state index contributed by atoms with van der Waals surface area (Å²) in [5.74, 6) is 0.748.